The monoisotopic (exact) mass is 407 g/mol. The van der Waals surface area contributed by atoms with Crippen molar-refractivity contribution in [3.63, 3.8) is 0 Å². The van der Waals surface area contributed by atoms with E-state index in [0.29, 0.717) is 11.7 Å². The lowest BCUT2D eigenvalue weighted by atomic mass is 10.1. The van der Waals surface area contributed by atoms with E-state index in [9.17, 15) is 0 Å². The number of anilines is 3. The SMILES string of the molecule is COc1ccc(C)c(N=C(N)c2cnc(Nc3ccn(C)n3)cc2NC(C)C)c1C. The molecule has 1 aromatic carbocycles. The first-order chi connectivity index (χ1) is 14.3. The molecular weight excluding hydrogens is 378 g/mol. The summed E-state index contributed by atoms with van der Waals surface area (Å²) in [6.45, 7) is 8.12. The minimum Gasteiger partial charge on any atom is -0.496 e. The number of amidine groups is 1. The van der Waals surface area contributed by atoms with Crippen molar-refractivity contribution in [1.82, 2.24) is 14.8 Å². The molecule has 30 heavy (non-hydrogen) atoms. The van der Waals surface area contributed by atoms with Crippen LogP contribution in [0.1, 0.15) is 30.5 Å². The van der Waals surface area contributed by atoms with Crippen molar-refractivity contribution in [2.75, 3.05) is 17.7 Å². The topological polar surface area (TPSA) is 102 Å². The Kier molecular flexibility index (Phi) is 6.25. The molecule has 0 aliphatic carbocycles. The minimum absolute atomic E-state index is 0.210. The fourth-order valence-electron chi connectivity index (χ4n) is 3.16. The lowest BCUT2D eigenvalue weighted by Gasteiger charge is -2.16. The van der Waals surface area contributed by atoms with Crippen LogP contribution in [-0.2, 0) is 7.05 Å². The number of pyridine rings is 1. The van der Waals surface area contributed by atoms with E-state index in [2.05, 4.69) is 34.6 Å². The molecule has 3 rings (SSSR count). The molecule has 2 heterocycles. The van der Waals surface area contributed by atoms with Crippen LogP contribution in [0.5, 0.6) is 5.75 Å². The molecular formula is C22H29N7O. The molecule has 0 saturated carbocycles. The normalized spacial score (nSPS) is 11.6. The van der Waals surface area contributed by atoms with Crippen LogP contribution in [0.25, 0.3) is 0 Å². The summed E-state index contributed by atoms with van der Waals surface area (Å²) >= 11 is 0. The fraction of sp³-hybridized carbons (Fsp3) is 0.318. The van der Waals surface area contributed by atoms with Gasteiger partial charge < -0.3 is 21.1 Å². The van der Waals surface area contributed by atoms with Gasteiger partial charge in [0.05, 0.1) is 24.0 Å². The highest BCUT2D eigenvalue weighted by molar-refractivity contribution is 6.04. The third-order valence-corrected chi connectivity index (χ3v) is 4.63. The third kappa shape index (κ3) is 4.71. The van der Waals surface area contributed by atoms with Crippen LogP contribution in [0.3, 0.4) is 0 Å². The van der Waals surface area contributed by atoms with Crippen molar-refractivity contribution in [2.45, 2.75) is 33.7 Å². The first kappa shape index (κ1) is 21.2. The molecule has 0 amide bonds. The number of nitrogens with zero attached hydrogens (tertiary/aromatic N) is 4. The molecule has 0 bridgehead atoms. The van der Waals surface area contributed by atoms with Gasteiger partial charge in [0.15, 0.2) is 5.82 Å². The maximum atomic E-state index is 6.43. The van der Waals surface area contributed by atoms with Crippen molar-refractivity contribution in [3.8, 4) is 5.75 Å². The summed E-state index contributed by atoms with van der Waals surface area (Å²) in [7, 11) is 3.52. The highest BCUT2D eigenvalue weighted by Gasteiger charge is 2.13. The van der Waals surface area contributed by atoms with Gasteiger partial charge in [-0.1, -0.05) is 6.07 Å². The predicted octanol–water partition coefficient (Wildman–Crippen LogP) is 4.04. The number of hydrogen-bond acceptors (Lipinski definition) is 6. The quantitative estimate of drug-likeness (QED) is 0.403. The predicted molar refractivity (Wildman–Crippen MR) is 122 cm³/mol. The van der Waals surface area contributed by atoms with Crippen LogP contribution < -0.4 is 21.1 Å². The molecule has 2 aromatic heterocycles. The van der Waals surface area contributed by atoms with Crippen LogP contribution in [0.15, 0.2) is 41.7 Å². The molecule has 4 N–H and O–H groups in total. The smallest absolute Gasteiger partial charge is 0.153 e. The van der Waals surface area contributed by atoms with E-state index in [4.69, 9.17) is 15.5 Å². The number of hydrogen-bond donors (Lipinski definition) is 3. The molecule has 0 radical (unpaired) electrons. The van der Waals surface area contributed by atoms with Gasteiger partial charge in [-0.15, -0.1) is 0 Å². The molecule has 0 unspecified atom stereocenters. The Morgan fingerprint density at radius 1 is 1.20 bits per heavy atom. The number of rotatable bonds is 7. The lowest BCUT2D eigenvalue weighted by Crippen LogP contribution is -2.19. The maximum Gasteiger partial charge on any atom is 0.153 e. The molecule has 8 heteroatoms. The van der Waals surface area contributed by atoms with E-state index in [1.165, 1.54) is 0 Å². The highest BCUT2D eigenvalue weighted by atomic mass is 16.5. The van der Waals surface area contributed by atoms with E-state index in [1.54, 1.807) is 18.0 Å². The lowest BCUT2D eigenvalue weighted by molar-refractivity contribution is 0.412. The van der Waals surface area contributed by atoms with Crippen LogP contribution in [0.4, 0.5) is 23.0 Å². The molecule has 3 aromatic rings. The largest absolute Gasteiger partial charge is 0.496 e. The summed E-state index contributed by atoms with van der Waals surface area (Å²) in [6, 6.07) is 7.92. The van der Waals surface area contributed by atoms with Crippen LogP contribution in [-0.4, -0.2) is 33.8 Å². The van der Waals surface area contributed by atoms with Gasteiger partial charge in [0.2, 0.25) is 0 Å². The average Bonchev–Trinajstić information content (AvgIpc) is 3.09. The number of aryl methyl sites for hydroxylation is 2. The van der Waals surface area contributed by atoms with Crippen LogP contribution >= 0.6 is 0 Å². The van der Waals surface area contributed by atoms with Crippen LogP contribution in [0.2, 0.25) is 0 Å². The van der Waals surface area contributed by atoms with Crippen molar-refractivity contribution in [1.29, 1.82) is 0 Å². The molecule has 0 atom stereocenters. The van der Waals surface area contributed by atoms with E-state index >= 15 is 0 Å². The standard InChI is InChI=1S/C22H29N7O/c1-13(2)25-17-11-20(26-19-9-10-29(5)28-19)24-12-16(17)22(23)27-21-14(3)7-8-18(30-6)15(21)4/h7-13H,1-6H3,(H2,23,27)(H2,24,25,26,28). The van der Waals surface area contributed by atoms with E-state index in [1.807, 2.05) is 51.4 Å². The number of aliphatic imine (C=N–C) groups is 1. The van der Waals surface area contributed by atoms with Gasteiger partial charge in [-0.2, -0.15) is 5.10 Å². The van der Waals surface area contributed by atoms with E-state index < -0.39 is 0 Å². The Morgan fingerprint density at radius 3 is 2.60 bits per heavy atom. The van der Waals surface area contributed by atoms with Crippen molar-refractivity contribution < 1.29 is 4.74 Å². The van der Waals surface area contributed by atoms with Gasteiger partial charge in [0.1, 0.15) is 17.4 Å². The number of nitrogens with one attached hydrogen (secondary N) is 2. The van der Waals surface area contributed by atoms with Crippen molar-refractivity contribution in [3.05, 3.63) is 53.3 Å². The Balaban J connectivity index is 2.00. The molecule has 158 valence electrons. The highest BCUT2D eigenvalue weighted by Crippen LogP contribution is 2.32. The summed E-state index contributed by atoms with van der Waals surface area (Å²) in [4.78, 5) is 9.23. The zero-order valence-electron chi connectivity index (χ0n) is 18.3. The number of benzene rings is 1. The Labute approximate surface area is 177 Å². The summed E-state index contributed by atoms with van der Waals surface area (Å²) in [6.07, 6.45) is 3.59. The maximum absolute atomic E-state index is 6.43. The van der Waals surface area contributed by atoms with Gasteiger partial charge in [-0.05, 0) is 39.3 Å². The molecule has 0 fully saturated rings. The van der Waals surface area contributed by atoms with Crippen molar-refractivity contribution in [2.24, 2.45) is 17.8 Å². The Bertz CT molecular complexity index is 1070. The van der Waals surface area contributed by atoms with E-state index in [0.717, 1.165) is 39.6 Å². The zero-order valence-corrected chi connectivity index (χ0v) is 18.3. The first-order valence-corrected chi connectivity index (χ1v) is 9.80. The van der Waals surface area contributed by atoms with Gasteiger partial charge in [0.25, 0.3) is 0 Å². The molecule has 8 nitrogen and oxygen atoms in total. The summed E-state index contributed by atoms with van der Waals surface area (Å²) < 4.78 is 7.16. The molecule has 0 spiro atoms. The number of methoxy groups -OCH3 is 1. The second-order valence-corrected chi connectivity index (χ2v) is 7.47. The van der Waals surface area contributed by atoms with Crippen LogP contribution in [0, 0.1) is 13.8 Å². The number of aromatic nitrogens is 3. The summed E-state index contributed by atoms with van der Waals surface area (Å²) in [5, 5.41) is 11.0. The van der Waals surface area contributed by atoms with E-state index in [-0.39, 0.29) is 6.04 Å². The second-order valence-electron chi connectivity index (χ2n) is 7.47. The van der Waals surface area contributed by atoms with Crippen molar-refractivity contribution >= 4 is 28.8 Å². The van der Waals surface area contributed by atoms with Gasteiger partial charge in [-0.3, -0.25) is 4.68 Å². The summed E-state index contributed by atoms with van der Waals surface area (Å²) in [5.74, 6) is 2.55. The zero-order chi connectivity index (χ0) is 21.8. The molecule has 0 aliphatic heterocycles. The minimum atomic E-state index is 0.210. The third-order valence-electron chi connectivity index (χ3n) is 4.63. The Morgan fingerprint density at radius 2 is 1.97 bits per heavy atom. The van der Waals surface area contributed by atoms with Gasteiger partial charge in [0, 0.05) is 43.2 Å². The van der Waals surface area contributed by atoms with Gasteiger partial charge >= 0.3 is 0 Å². The second kappa shape index (κ2) is 8.86. The number of ether oxygens (including phenoxy) is 1. The van der Waals surface area contributed by atoms with Gasteiger partial charge in [-0.25, -0.2) is 9.98 Å². The Hall–Kier alpha value is -3.55. The number of nitrogens with two attached hydrogens (primary N) is 1. The molecule has 0 saturated heterocycles. The first-order valence-electron chi connectivity index (χ1n) is 9.80. The fourth-order valence-corrected chi connectivity index (χ4v) is 3.16. The molecule has 0 aliphatic rings. The summed E-state index contributed by atoms with van der Waals surface area (Å²) in [5.41, 5.74) is 10.8. The average molecular weight is 408 g/mol.